The van der Waals surface area contributed by atoms with Crippen LogP contribution in [0.15, 0.2) is 59.4 Å². The maximum atomic E-state index is 14.6. The van der Waals surface area contributed by atoms with E-state index in [1.807, 2.05) is 0 Å². The smallest absolute Gasteiger partial charge is 0.258 e. The molecule has 6 nitrogen and oxygen atoms in total. The molecular weight excluding hydrogens is 471 g/mol. The van der Waals surface area contributed by atoms with Gasteiger partial charge in [-0.2, -0.15) is 0 Å². The van der Waals surface area contributed by atoms with Gasteiger partial charge in [0.15, 0.2) is 0 Å². The lowest BCUT2D eigenvalue weighted by Crippen LogP contribution is -2.48. The fourth-order valence-electron chi connectivity index (χ4n) is 5.80. The molecule has 1 fully saturated rings. The molecule has 5 rings (SSSR count). The van der Waals surface area contributed by atoms with Crippen molar-refractivity contribution in [3.8, 4) is 11.1 Å². The summed E-state index contributed by atoms with van der Waals surface area (Å²) >= 11 is 0. The summed E-state index contributed by atoms with van der Waals surface area (Å²) in [6, 6.07) is 11.1. The van der Waals surface area contributed by atoms with E-state index in [0.29, 0.717) is 23.4 Å². The van der Waals surface area contributed by atoms with Crippen molar-refractivity contribution in [2.75, 3.05) is 13.2 Å². The number of hydrogen-bond donors (Lipinski definition) is 2. The first-order valence-electron chi connectivity index (χ1n) is 11.9. The Hall–Kier alpha value is -3.43. The zero-order valence-electron chi connectivity index (χ0n) is 19.6. The van der Waals surface area contributed by atoms with E-state index in [2.05, 4.69) is 5.32 Å². The summed E-state index contributed by atoms with van der Waals surface area (Å²) in [5.74, 6) is -2.81. The Morgan fingerprint density at radius 3 is 2.58 bits per heavy atom. The summed E-state index contributed by atoms with van der Waals surface area (Å²) in [5.41, 5.74) is 1.17. The van der Waals surface area contributed by atoms with E-state index >= 15 is 0 Å². The Morgan fingerprint density at radius 1 is 1.08 bits per heavy atom. The number of hydrogen-bond acceptors (Lipinski definition) is 4. The predicted molar refractivity (Wildman–Crippen MR) is 127 cm³/mol. The Balaban J connectivity index is 1.61. The largest absolute Gasteiger partial charge is 0.396 e. The van der Waals surface area contributed by atoms with Gasteiger partial charge in [0.1, 0.15) is 17.5 Å². The van der Waals surface area contributed by atoms with Gasteiger partial charge in [-0.25, -0.2) is 13.2 Å². The Morgan fingerprint density at radius 2 is 1.86 bits per heavy atom. The van der Waals surface area contributed by atoms with E-state index < -0.39 is 35.5 Å². The van der Waals surface area contributed by atoms with Crippen LogP contribution in [0.5, 0.6) is 0 Å². The van der Waals surface area contributed by atoms with Crippen molar-refractivity contribution in [3.63, 3.8) is 0 Å². The van der Waals surface area contributed by atoms with Gasteiger partial charge in [-0.05, 0) is 55.0 Å². The van der Waals surface area contributed by atoms with Gasteiger partial charge in [-0.15, -0.1) is 0 Å². The van der Waals surface area contributed by atoms with Gasteiger partial charge in [-0.3, -0.25) is 14.5 Å². The highest BCUT2D eigenvalue weighted by atomic mass is 19.1. The number of halogens is 3. The highest BCUT2D eigenvalue weighted by molar-refractivity contribution is 5.82. The summed E-state index contributed by atoms with van der Waals surface area (Å²) in [7, 11) is 0. The summed E-state index contributed by atoms with van der Waals surface area (Å²) in [6.07, 6.45) is 0. The second-order valence-electron chi connectivity index (χ2n) is 9.30. The molecule has 0 bridgehead atoms. The van der Waals surface area contributed by atoms with E-state index in [0.717, 1.165) is 18.2 Å². The summed E-state index contributed by atoms with van der Waals surface area (Å²) in [6.45, 7) is 2.00. The second kappa shape index (κ2) is 9.55. The number of likely N-dealkylation sites (N-methyl/N-ethyl adjacent to an activating group) is 1. The monoisotopic (exact) mass is 497 g/mol. The first-order chi connectivity index (χ1) is 17.3. The fourth-order valence-corrected chi connectivity index (χ4v) is 5.80. The van der Waals surface area contributed by atoms with Crippen LogP contribution in [0.1, 0.15) is 24.2 Å². The average molecular weight is 498 g/mol. The molecule has 2 N–H and O–H groups in total. The van der Waals surface area contributed by atoms with Crippen LogP contribution in [0.25, 0.3) is 11.1 Å². The van der Waals surface area contributed by atoms with Crippen LogP contribution in [-0.4, -0.2) is 39.7 Å². The number of carbonyl (C=O) groups excluding carboxylic acids is 1. The number of pyridine rings is 1. The number of nitrogens with zero attached hydrogens (tertiary/aromatic N) is 2. The summed E-state index contributed by atoms with van der Waals surface area (Å²) < 4.78 is 44.0. The third-order valence-electron chi connectivity index (χ3n) is 7.31. The van der Waals surface area contributed by atoms with E-state index in [1.165, 1.54) is 18.2 Å². The maximum absolute atomic E-state index is 14.6. The number of rotatable bonds is 6. The molecule has 0 aliphatic carbocycles. The molecule has 2 aromatic carbocycles. The molecule has 0 saturated carbocycles. The number of amides is 1. The molecule has 3 aromatic rings. The van der Waals surface area contributed by atoms with Gasteiger partial charge in [0.05, 0.1) is 12.1 Å². The number of aliphatic hydroxyl groups excluding tert-OH is 1. The lowest BCUT2D eigenvalue weighted by Gasteiger charge is -2.31. The Labute approximate surface area is 206 Å². The quantitative estimate of drug-likeness (QED) is 0.549. The minimum absolute atomic E-state index is 0.0805. The number of carbonyl (C=O) groups is 1. The van der Waals surface area contributed by atoms with Crippen molar-refractivity contribution in [1.82, 2.24) is 14.8 Å². The van der Waals surface area contributed by atoms with E-state index in [-0.39, 0.29) is 42.6 Å². The third-order valence-corrected chi connectivity index (χ3v) is 7.31. The van der Waals surface area contributed by atoms with Crippen molar-refractivity contribution in [2.24, 2.45) is 11.8 Å². The first-order valence-corrected chi connectivity index (χ1v) is 11.9. The SMILES string of the molecule is CCNC(=O)[C@H]1[C@H](CO)[C@H]2Cn3c(ccc(-c4cccc(F)c4)c3=O)[C@H]2N1Cc1cc(F)ccc1F. The Bertz CT molecular complexity index is 1380. The highest BCUT2D eigenvalue weighted by Gasteiger charge is 2.55. The molecule has 2 aliphatic heterocycles. The van der Waals surface area contributed by atoms with Crippen LogP contribution < -0.4 is 10.9 Å². The van der Waals surface area contributed by atoms with Gasteiger partial charge in [0, 0.05) is 54.9 Å². The number of likely N-dealkylation sites (tertiary alicyclic amines) is 1. The third kappa shape index (κ3) is 4.02. The molecule has 0 unspecified atom stereocenters. The zero-order chi connectivity index (χ0) is 25.6. The molecule has 3 heterocycles. The minimum atomic E-state index is -0.792. The molecule has 0 spiro atoms. The van der Waals surface area contributed by atoms with Gasteiger partial charge >= 0.3 is 0 Å². The molecule has 1 saturated heterocycles. The molecule has 188 valence electrons. The number of fused-ring (bicyclic) bond motifs is 3. The maximum Gasteiger partial charge on any atom is 0.258 e. The van der Waals surface area contributed by atoms with Gasteiger partial charge in [-0.1, -0.05) is 12.1 Å². The van der Waals surface area contributed by atoms with Gasteiger partial charge < -0.3 is 15.0 Å². The van der Waals surface area contributed by atoms with Crippen LogP contribution in [0.2, 0.25) is 0 Å². The van der Waals surface area contributed by atoms with Crippen molar-refractivity contribution in [2.45, 2.75) is 32.1 Å². The van der Waals surface area contributed by atoms with Crippen LogP contribution in [0, 0.1) is 29.3 Å². The van der Waals surface area contributed by atoms with Crippen molar-refractivity contribution < 1.29 is 23.1 Å². The summed E-state index contributed by atoms with van der Waals surface area (Å²) in [4.78, 5) is 28.3. The lowest BCUT2D eigenvalue weighted by atomic mass is 9.88. The molecule has 1 aromatic heterocycles. The second-order valence-corrected chi connectivity index (χ2v) is 9.30. The predicted octanol–water partition coefficient (Wildman–Crippen LogP) is 3.23. The molecular formula is C27H26F3N3O3. The van der Waals surface area contributed by atoms with Gasteiger partial charge in [0.25, 0.3) is 5.56 Å². The van der Waals surface area contributed by atoms with Gasteiger partial charge in [0.2, 0.25) is 5.91 Å². The molecule has 1 amide bonds. The van der Waals surface area contributed by atoms with E-state index in [9.17, 15) is 27.9 Å². The molecule has 9 heteroatoms. The number of nitrogens with one attached hydrogen (secondary N) is 1. The van der Waals surface area contributed by atoms with E-state index in [4.69, 9.17) is 0 Å². The number of aromatic nitrogens is 1. The molecule has 4 atom stereocenters. The molecule has 0 radical (unpaired) electrons. The normalized spacial score (nSPS) is 22.9. The van der Waals surface area contributed by atoms with Crippen molar-refractivity contribution in [1.29, 1.82) is 0 Å². The summed E-state index contributed by atoms with van der Waals surface area (Å²) in [5, 5.41) is 13.1. The highest BCUT2D eigenvalue weighted by Crippen LogP contribution is 2.50. The van der Waals surface area contributed by atoms with Crippen molar-refractivity contribution in [3.05, 3.63) is 93.7 Å². The van der Waals surface area contributed by atoms with Crippen LogP contribution in [0.3, 0.4) is 0 Å². The average Bonchev–Trinajstić information content (AvgIpc) is 3.37. The molecule has 36 heavy (non-hydrogen) atoms. The Kier molecular flexibility index (Phi) is 6.44. The van der Waals surface area contributed by atoms with Crippen molar-refractivity contribution >= 4 is 5.91 Å². The van der Waals surface area contributed by atoms with Crippen LogP contribution in [-0.2, 0) is 17.9 Å². The standard InChI is InChI=1S/C27H26F3N3O3/c1-2-31-26(35)25-21(14-34)20-13-32-23(9-7-19(27(32)36)15-4-3-5-17(28)10-15)24(20)33(25)12-16-11-18(29)6-8-22(16)30/h3-11,20-21,24-25,34H,2,12-14H2,1H3,(H,31,35)/t20-,21-,24+,25-/m1/s1. The number of benzene rings is 2. The topological polar surface area (TPSA) is 74.6 Å². The molecule has 2 aliphatic rings. The van der Waals surface area contributed by atoms with E-state index in [1.54, 1.807) is 34.6 Å². The zero-order valence-corrected chi connectivity index (χ0v) is 19.6. The van der Waals surface area contributed by atoms with Crippen LogP contribution in [0.4, 0.5) is 13.2 Å². The number of aliphatic hydroxyl groups is 1. The first kappa shape index (κ1) is 24.3. The lowest BCUT2D eigenvalue weighted by molar-refractivity contribution is -0.127. The fraction of sp³-hybridized carbons (Fsp3) is 0.333. The minimum Gasteiger partial charge on any atom is -0.396 e. The van der Waals surface area contributed by atoms with Crippen LogP contribution >= 0.6 is 0 Å².